The number of halogens is 2. The number of amides is 1. The van der Waals surface area contributed by atoms with Crippen molar-refractivity contribution >= 4 is 23.4 Å². The van der Waals surface area contributed by atoms with E-state index in [9.17, 15) is 13.6 Å². The molecule has 1 heterocycles. The van der Waals surface area contributed by atoms with Gasteiger partial charge >= 0.3 is 0 Å². The Balaban J connectivity index is 1.52. The van der Waals surface area contributed by atoms with E-state index in [4.69, 9.17) is 4.74 Å². The summed E-state index contributed by atoms with van der Waals surface area (Å²) in [6.07, 6.45) is 0. The fourth-order valence-corrected chi connectivity index (χ4v) is 4.25. The Labute approximate surface area is 165 Å². The van der Waals surface area contributed by atoms with Gasteiger partial charge in [-0.3, -0.25) is 9.69 Å². The van der Waals surface area contributed by atoms with Gasteiger partial charge in [0.25, 0.3) is 0 Å². The number of carbonyl (C=O) groups excluding carboxylic acids is 1. The predicted molar refractivity (Wildman–Crippen MR) is 106 cm³/mol. The Kier molecular flexibility index (Phi) is 5.30. The third kappa shape index (κ3) is 3.87. The minimum atomic E-state index is -0.747. The van der Waals surface area contributed by atoms with Gasteiger partial charge in [-0.1, -0.05) is 42.5 Å². The monoisotopic (exact) mass is 397 g/mol. The van der Waals surface area contributed by atoms with Crippen LogP contribution in [-0.2, 0) is 11.4 Å². The fourth-order valence-electron chi connectivity index (χ4n) is 3.08. The smallest absolute Gasteiger partial charge is 0.238 e. The summed E-state index contributed by atoms with van der Waals surface area (Å²) in [4.78, 5) is 13.7. The van der Waals surface area contributed by atoms with Gasteiger partial charge in [-0.15, -0.1) is 11.8 Å². The lowest BCUT2D eigenvalue weighted by Gasteiger charge is -2.25. The molecule has 6 heteroatoms. The molecule has 0 N–H and O–H groups in total. The average Bonchev–Trinajstić information content (AvgIpc) is 3.09. The maximum Gasteiger partial charge on any atom is 0.238 e. The summed E-state index contributed by atoms with van der Waals surface area (Å²) in [7, 11) is 0. The maximum atomic E-state index is 14.2. The molecule has 0 spiro atoms. The second-order valence-electron chi connectivity index (χ2n) is 6.37. The summed E-state index contributed by atoms with van der Waals surface area (Å²) in [5.74, 6) is -0.666. The summed E-state index contributed by atoms with van der Waals surface area (Å²) in [5.41, 5.74) is 2.01. The number of ether oxygens (including phenoxy) is 1. The van der Waals surface area contributed by atoms with Crippen LogP contribution in [0, 0.1) is 11.6 Å². The topological polar surface area (TPSA) is 29.5 Å². The van der Waals surface area contributed by atoms with Crippen molar-refractivity contribution in [1.82, 2.24) is 0 Å². The summed E-state index contributed by atoms with van der Waals surface area (Å²) >= 11 is 1.41. The zero-order chi connectivity index (χ0) is 19.5. The van der Waals surface area contributed by atoms with Crippen molar-refractivity contribution in [3.63, 3.8) is 0 Å². The highest BCUT2D eigenvalue weighted by Crippen LogP contribution is 2.42. The molecule has 1 saturated heterocycles. The number of anilines is 1. The van der Waals surface area contributed by atoms with E-state index in [0.29, 0.717) is 12.4 Å². The van der Waals surface area contributed by atoms with Crippen molar-refractivity contribution in [2.24, 2.45) is 0 Å². The number of thioether (sulfide) groups is 1. The minimum absolute atomic E-state index is 0.0887. The number of carbonyl (C=O) groups is 1. The SMILES string of the molecule is O=C1CSC(c2ccc(OCc3ccccc3)cc2)N1c1ccc(F)cc1F. The average molecular weight is 397 g/mol. The third-order valence-corrected chi connectivity index (χ3v) is 5.66. The number of hydrogen-bond donors (Lipinski definition) is 0. The zero-order valence-electron chi connectivity index (χ0n) is 14.8. The quantitative estimate of drug-likeness (QED) is 0.583. The number of hydrogen-bond acceptors (Lipinski definition) is 3. The molecule has 1 aliphatic rings. The van der Waals surface area contributed by atoms with Crippen molar-refractivity contribution in [3.05, 3.63) is 95.6 Å². The largest absolute Gasteiger partial charge is 0.489 e. The van der Waals surface area contributed by atoms with Gasteiger partial charge in [0.2, 0.25) is 5.91 Å². The standard InChI is InChI=1S/C22H17F2NO2S/c23-17-8-11-20(19(24)12-17)25-21(26)14-28-22(25)16-6-9-18(10-7-16)27-13-15-4-2-1-3-5-15/h1-12,22H,13-14H2. The molecule has 0 saturated carbocycles. The van der Waals surface area contributed by atoms with Gasteiger partial charge in [0.05, 0.1) is 11.4 Å². The fraction of sp³-hybridized carbons (Fsp3) is 0.136. The van der Waals surface area contributed by atoms with E-state index in [1.807, 2.05) is 54.6 Å². The van der Waals surface area contributed by atoms with Crippen LogP contribution in [0.1, 0.15) is 16.5 Å². The molecule has 1 aliphatic heterocycles. The van der Waals surface area contributed by atoms with Crippen LogP contribution in [0.4, 0.5) is 14.5 Å². The Morgan fingerprint density at radius 1 is 1.00 bits per heavy atom. The van der Waals surface area contributed by atoms with E-state index in [1.54, 1.807) is 0 Å². The van der Waals surface area contributed by atoms with E-state index >= 15 is 0 Å². The molecule has 142 valence electrons. The lowest BCUT2D eigenvalue weighted by Crippen LogP contribution is -2.28. The molecule has 3 aromatic rings. The van der Waals surface area contributed by atoms with E-state index in [2.05, 4.69) is 0 Å². The highest BCUT2D eigenvalue weighted by molar-refractivity contribution is 8.00. The van der Waals surface area contributed by atoms with Gasteiger partial charge in [0.15, 0.2) is 0 Å². The third-order valence-electron chi connectivity index (χ3n) is 4.45. The first-order valence-electron chi connectivity index (χ1n) is 8.77. The lowest BCUT2D eigenvalue weighted by molar-refractivity contribution is -0.115. The van der Waals surface area contributed by atoms with Crippen LogP contribution >= 0.6 is 11.8 Å². The highest BCUT2D eigenvalue weighted by atomic mass is 32.2. The second kappa shape index (κ2) is 8.02. The van der Waals surface area contributed by atoms with Gasteiger partial charge in [-0.25, -0.2) is 8.78 Å². The zero-order valence-corrected chi connectivity index (χ0v) is 15.7. The molecule has 0 bridgehead atoms. The van der Waals surface area contributed by atoms with Gasteiger partial charge in [0.1, 0.15) is 29.4 Å². The molecular weight excluding hydrogens is 380 g/mol. The molecule has 1 amide bonds. The Hall–Kier alpha value is -2.86. The summed E-state index contributed by atoms with van der Waals surface area (Å²) in [5, 5.41) is -0.365. The van der Waals surface area contributed by atoms with Crippen LogP contribution in [0.2, 0.25) is 0 Å². The van der Waals surface area contributed by atoms with E-state index in [0.717, 1.165) is 23.3 Å². The number of nitrogens with zero attached hydrogens (tertiary/aromatic N) is 1. The molecule has 0 aliphatic carbocycles. The van der Waals surface area contributed by atoms with Crippen molar-refractivity contribution < 1.29 is 18.3 Å². The van der Waals surface area contributed by atoms with E-state index in [1.165, 1.54) is 22.7 Å². The van der Waals surface area contributed by atoms with Crippen LogP contribution in [0.25, 0.3) is 0 Å². The maximum absolute atomic E-state index is 14.2. The minimum Gasteiger partial charge on any atom is -0.489 e. The predicted octanol–water partition coefficient (Wildman–Crippen LogP) is 5.32. The first-order valence-corrected chi connectivity index (χ1v) is 9.82. The highest BCUT2D eigenvalue weighted by Gasteiger charge is 2.35. The molecule has 3 aromatic carbocycles. The summed E-state index contributed by atoms with van der Waals surface area (Å²) in [6.45, 7) is 0.462. The second-order valence-corrected chi connectivity index (χ2v) is 7.43. The molecule has 0 radical (unpaired) electrons. The first kappa shape index (κ1) is 18.5. The van der Waals surface area contributed by atoms with E-state index < -0.39 is 11.6 Å². The molecule has 1 atom stereocenters. The van der Waals surface area contributed by atoms with Gasteiger partial charge in [0, 0.05) is 6.07 Å². The van der Waals surface area contributed by atoms with Crippen LogP contribution in [-0.4, -0.2) is 11.7 Å². The Morgan fingerprint density at radius 2 is 1.75 bits per heavy atom. The van der Waals surface area contributed by atoms with E-state index in [-0.39, 0.29) is 22.7 Å². The van der Waals surface area contributed by atoms with Gasteiger partial charge in [-0.2, -0.15) is 0 Å². The molecule has 4 rings (SSSR count). The van der Waals surface area contributed by atoms with Crippen LogP contribution in [0.5, 0.6) is 5.75 Å². The van der Waals surface area contributed by atoms with Crippen molar-refractivity contribution in [3.8, 4) is 5.75 Å². The first-order chi connectivity index (χ1) is 13.6. The normalized spacial score (nSPS) is 16.4. The van der Waals surface area contributed by atoms with Crippen molar-refractivity contribution in [1.29, 1.82) is 0 Å². The van der Waals surface area contributed by atoms with Crippen LogP contribution in [0.15, 0.2) is 72.8 Å². The Morgan fingerprint density at radius 3 is 2.46 bits per heavy atom. The van der Waals surface area contributed by atoms with Crippen LogP contribution < -0.4 is 9.64 Å². The Bertz CT molecular complexity index is 980. The van der Waals surface area contributed by atoms with Crippen molar-refractivity contribution in [2.45, 2.75) is 12.0 Å². The number of benzene rings is 3. The van der Waals surface area contributed by atoms with Gasteiger partial charge < -0.3 is 4.74 Å². The summed E-state index contributed by atoms with van der Waals surface area (Å²) in [6, 6.07) is 20.5. The molecule has 1 fully saturated rings. The number of rotatable bonds is 5. The van der Waals surface area contributed by atoms with Crippen LogP contribution in [0.3, 0.4) is 0 Å². The molecule has 3 nitrogen and oxygen atoms in total. The van der Waals surface area contributed by atoms with Gasteiger partial charge in [-0.05, 0) is 35.4 Å². The molecule has 1 unspecified atom stereocenters. The molecule has 0 aromatic heterocycles. The van der Waals surface area contributed by atoms with Crippen molar-refractivity contribution in [2.75, 3.05) is 10.7 Å². The molecular formula is C22H17F2NO2S. The summed E-state index contributed by atoms with van der Waals surface area (Å²) < 4.78 is 33.2. The lowest BCUT2D eigenvalue weighted by atomic mass is 10.1. The molecule has 28 heavy (non-hydrogen) atoms.